The lowest BCUT2D eigenvalue weighted by atomic mass is 10.1. The van der Waals surface area contributed by atoms with E-state index in [2.05, 4.69) is 41.4 Å². The highest BCUT2D eigenvalue weighted by molar-refractivity contribution is 7.85. The van der Waals surface area contributed by atoms with Crippen molar-refractivity contribution in [3.63, 3.8) is 0 Å². The van der Waals surface area contributed by atoms with Crippen molar-refractivity contribution >= 4 is 10.8 Å². The van der Waals surface area contributed by atoms with Crippen LogP contribution in [0.1, 0.15) is 24.5 Å². The van der Waals surface area contributed by atoms with Gasteiger partial charge >= 0.3 is 0 Å². The number of rotatable bonds is 7. The summed E-state index contributed by atoms with van der Waals surface area (Å²) < 4.78 is 11.3. The SMILES string of the molecule is CCCNCCc1ccc(CN2CCS(=O)CC2)cc1. The zero-order valence-electron chi connectivity index (χ0n) is 12.4. The predicted molar refractivity (Wildman–Crippen MR) is 86.5 cm³/mol. The molecule has 4 heteroatoms. The highest BCUT2D eigenvalue weighted by Gasteiger charge is 2.14. The predicted octanol–water partition coefficient (Wildman–Crippen LogP) is 1.79. The molecule has 0 spiro atoms. The monoisotopic (exact) mass is 294 g/mol. The van der Waals surface area contributed by atoms with Gasteiger partial charge in [-0.2, -0.15) is 0 Å². The normalized spacial score (nSPS) is 17.4. The number of nitrogens with one attached hydrogen (secondary N) is 1. The van der Waals surface area contributed by atoms with Gasteiger partial charge < -0.3 is 5.32 Å². The molecule has 1 N–H and O–H groups in total. The molecular formula is C16H26N2OS. The third kappa shape index (κ3) is 5.35. The molecule has 3 nitrogen and oxygen atoms in total. The Morgan fingerprint density at radius 1 is 1.10 bits per heavy atom. The molecule has 0 bridgehead atoms. The molecule has 0 aliphatic carbocycles. The van der Waals surface area contributed by atoms with Crippen LogP contribution in [-0.2, 0) is 23.8 Å². The molecule has 1 aliphatic rings. The molecule has 1 aromatic rings. The summed E-state index contributed by atoms with van der Waals surface area (Å²) in [5, 5.41) is 3.43. The maximum atomic E-state index is 11.3. The van der Waals surface area contributed by atoms with Crippen LogP contribution in [0, 0.1) is 0 Å². The second-order valence-electron chi connectivity index (χ2n) is 5.44. The average Bonchev–Trinajstić information content (AvgIpc) is 2.48. The number of hydrogen-bond donors (Lipinski definition) is 1. The second kappa shape index (κ2) is 8.55. The molecule has 1 aromatic carbocycles. The van der Waals surface area contributed by atoms with Crippen molar-refractivity contribution in [2.45, 2.75) is 26.3 Å². The standard InChI is InChI=1S/C16H26N2OS/c1-2-8-17-9-7-15-3-5-16(6-4-15)14-18-10-12-20(19)13-11-18/h3-6,17H,2,7-14H2,1H3. The summed E-state index contributed by atoms with van der Waals surface area (Å²) in [6.45, 7) is 7.29. The van der Waals surface area contributed by atoms with E-state index in [0.29, 0.717) is 0 Å². The van der Waals surface area contributed by atoms with E-state index in [9.17, 15) is 4.21 Å². The molecule has 0 aromatic heterocycles. The maximum absolute atomic E-state index is 11.3. The van der Waals surface area contributed by atoms with Crippen LogP contribution in [0.2, 0.25) is 0 Å². The molecule has 1 fully saturated rings. The van der Waals surface area contributed by atoms with Gasteiger partial charge in [0, 0.05) is 41.9 Å². The zero-order valence-corrected chi connectivity index (χ0v) is 13.3. The van der Waals surface area contributed by atoms with Crippen molar-refractivity contribution < 1.29 is 4.21 Å². The van der Waals surface area contributed by atoms with Gasteiger partial charge in [0.1, 0.15) is 0 Å². The molecule has 0 radical (unpaired) electrons. The summed E-state index contributed by atoms with van der Waals surface area (Å²) in [5.74, 6) is 1.67. The minimum Gasteiger partial charge on any atom is -0.316 e. The van der Waals surface area contributed by atoms with E-state index in [1.807, 2.05) is 0 Å². The third-order valence-electron chi connectivity index (χ3n) is 3.72. The van der Waals surface area contributed by atoms with E-state index < -0.39 is 10.8 Å². The van der Waals surface area contributed by atoms with Crippen molar-refractivity contribution in [1.82, 2.24) is 10.2 Å². The minimum atomic E-state index is -0.577. The molecule has 112 valence electrons. The van der Waals surface area contributed by atoms with Gasteiger partial charge in [0.2, 0.25) is 0 Å². The van der Waals surface area contributed by atoms with Gasteiger partial charge in [-0.05, 0) is 37.1 Å². The lowest BCUT2D eigenvalue weighted by Crippen LogP contribution is -2.37. The molecule has 1 heterocycles. The zero-order chi connectivity index (χ0) is 14.2. The fourth-order valence-corrected chi connectivity index (χ4v) is 3.57. The van der Waals surface area contributed by atoms with Crippen molar-refractivity contribution in [3.05, 3.63) is 35.4 Å². The molecule has 0 unspecified atom stereocenters. The van der Waals surface area contributed by atoms with Crippen LogP contribution in [0.3, 0.4) is 0 Å². The van der Waals surface area contributed by atoms with E-state index in [0.717, 1.165) is 50.7 Å². The van der Waals surface area contributed by atoms with Gasteiger partial charge in [-0.15, -0.1) is 0 Å². The molecule has 1 aliphatic heterocycles. The van der Waals surface area contributed by atoms with Crippen LogP contribution >= 0.6 is 0 Å². The van der Waals surface area contributed by atoms with Gasteiger partial charge in [-0.1, -0.05) is 31.2 Å². The number of hydrogen-bond acceptors (Lipinski definition) is 3. The van der Waals surface area contributed by atoms with E-state index in [1.54, 1.807) is 0 Å². The fraction of sp³-hybridized carbons (Fsp3) is 0.625. The summed E-state index contributed by atoms with van der Waals surface area (Å²) in [5.41, 5.74) is 2.76. The summed E-state index contributed by atoms with van der Waals surface area (Å²) in [6.07, 6.45) is 2.29. The smallest absolute Gasteiger partial charge is 0.0363 e. The molecule has 20 heavy (non-hydrogen) atoms. The van der Waals surface area contributed by atoms with Crippen molar-refractivity contribution in [1.29, 1.82) is 0 Å². The van der Waals surface area contributed by atoms with Crippen molar-refractivity contribution in [2.24, 2.45) is 0 Å². The van der Waals surface area contributed by atoms with Crippen LogP contribution < -0.4 is 5.32 Å². The van der Waals surface area contributed by atoms with E-state index in [-0.39, 0.29) is 0 Å². The van der Waals surface area contributed by atoms with Gasteiger partial charge in [0.15, 0.2) is 0 Å². The molecule has 1 saturated heterocycles. The summed E-state index contributed by atoms with van der Waals surface area (Å²) in [4.78, 5) is 2.40. The van der Waals surface area contributed by atoms with Crippen molar-refractivity contribution in [3.8, 4) is 0 Å². The highest BCUT2D eigenvalue weighted by atomic mass is 32.2. The second-order valence-corrected chi connectivity index (χ2v) is 7.14. The first kappa shape index (κ1) is 15.7. The fourth-order valence-electron chi connectivity index (χ4n) is 2.44. The minimum absolute atomic E-state index is 0.577. The van der Waals surface area contributed by atoms with Gasteiger partial charge in [0.05, 0.1) is 0 Å². The topological polar surface area (TPSA) is 32.3 Å². The first-order valence-corrected chi connectivity index (χ1v) is 9.12. The Morgan fingerprint density at radius 3 is 2.40 bits per heavy atom. The van der Waals surface area contributed by atoms with Crippen LogP contribution in [-0.4, -0.2) is 46.8 Å². The Bertz CT molecular complexity index is 409. The Labute approximate surface area is 125 Å². The van der Waals surface area contributed by atoms with Crippen LogP contribution in [0.5, 0.6) is 0 Å². The molecule has 0 saturated carbocycles. The van der Waals surface area contributed by atoms with Crippen molar-refractivity contribution in [2.75, 3.05) is 37.7 Å². The Hall–Kier alpha value is -0.710. The molecule has 2 rings (SSSR count). The summed E-state index contributed by atoms with van der Waals surface area (Å²) >= 11 is 0. The number of benzene rings is 1. The van der Waals surface area contributed by atoms with Gasteiger partial charge in [-0.3, -0.25) is 9.11 Å². The lowest BCUT2D eigenvalue weighted by molar-refractivity contribution is 0.291. The quantitative estimate of drug-likeness (QED) is 0.778. The Kier molecular flexibility index (Phi) is 6.70. The highest BCUT2D eigenvalue weighted by Crippen LogP contribution is 2.10. The average molecular weight is 294 g/mol. The van der Waals surface area contributed by atoms with Crippen LogP contribution in [0.4, 0.5) is 0 Å². The van der Waals surface area contributed by atoms with Crippen LogP contribution in [0.25, 0.3) is 0 Å². The van der Waals surface area contributed by atoms with E-state index >= 15 is 0 Å². The summed E-state index contributed by atoms with van der Waals surface area (Å²) in [7, 11) is -0.577. The Balaban J connectivity index is 1.75. The molecule has 0 atom stereocenters. The Morgan fingerprint density at radius 2 is 1.75 bits per heavy atom. The third-order valence-corrected chi connectivity index (χ3v) is 4.99. The lowest BCUT2D eigenvalue weighted by Gasteiger charge is -2.26. The molecular weight excluding hydrogens is 268 g/mol. The first-order chi connectivity index (χ1) is 9.78. The van der Waals surface area contributed by atoms with E-state index in [4.69, 9.17) is 0 Å². The largest absolute Gasteiger partial charge is 0.316 e. The van der Waals surface area contributed by atoms with Crippen LogP contribution in [0.15, 0.2) is 24.3 Å². The van der Waals surface area contributed by atoms with E-state index in [1.165, 1.54) is 17.5 Å². The number of nitrogens with zero attached hydrogens (tertiary/aromatic N) is 1. The molecule has 0 amide bonds. The summed E-state index contributed by atoms with van der Waals surface area (Å²) in [6, 6.07) is 8.96. The first-order valence-electron chi connectivity index (χ1n) is 7.64. The maximum Gasteiger partial charge on any atom is 0.0363 e. The van der Waals surface area contributed by atoms with Gasteiger partial charge in [0.25, 0.3) is 0 Å². The van der Waals surface area contributed by atoms with Gasteiger partial charge in [-0.25, -0.2) is 0 Å².